The lowest BCUT2D eigenvalue weighted by atomic mass is 10.1. The zero-order chi connectivity index (χ0) is 24.5. The molecule has 0 radical (unpaired) electrons. The number of hydrogen-bond acceptors (Lipinski definition) is 5. The van der Waals surface area contributed by atoms with Gasteiger partial charge < -0.3 is 14.6 Å². The van der Waals surface area contributed by atoms with Gasteiger partial charge in [0.2, 0.25) is 5.88 Å². The fourth-order valence-corrected chi connectivity index (χ4v) is 3.60. The molecule has 0 aliphatic rings. The van der Waals surface area contributed by atoms with Gasteiger partial charge in [0.05, 0.1) is 29.7 Å². The second-order valence-corrected chi connectivity index (χ2v) is 8.06. The lowest BCUT2D eigenvalue weighted by Crippen LogP contribution is -2.34. The van der Waals surface area contributed by atoms with Gasteiger partial charge >= 0.3 is 0 Å². The number of ether oxygens (including phenoxy) is 2. The summed E-state index contributed by atoms with van der Waals surface area (Å²) in [7, 11) is 1.63. The molecule has 0 saturated carbocycles. The van der Waals surface area contributed by atoms with Crippen LogP contribution in [0, 0.1) is 18.6 Å². The third-order valence-corrected chi connectivity index (χ3v) is 5.39. The van der Waals surface area contributed by atoms with Crippen LogP contribution in [-0.2, 0) is 11.3 Å². The molecule has 0 saturated heterocycles. The van der Waals surface area contributed by atoms with Crippen molar-refractivity contribution < 1.29 is 23.4 Å². The van der Waals surface area contributed by atoms with Gasteiger partial charge in [-0.1, -0.05) is 12.1 Å². The van der Waals surface area contributed by atoms with Crippen molar-refractivity contribution >= 4 is 0 Å². The minimum atomic E-state index is -0.533. The van der Waals surface area contributed by atoms with Crippen molar-refractivity contribution in [3.8, 4) is 17.3 Å². The summed E-state index contributed by atoms with van der Waals surface area (Å²) in [5.74, 6) is -0.0629. The minimum Gasteiger partial charge on any atom is -0.438 e. The molecular formula is C26H31F2N3O3. The van der Waals surface area contributed by atoms with E-state index in [0.717, 1.165) is 12.0 Å². The highest BCUT2D eigenvalue weighted by Crippen LogP contribution is 2.32. The van der Waals surface area contributed by atoms with Gasteiger partial charge in [0.15, 0.2) is 0 Å². The van der Waals surface area contributed by atoms with Crippen molar-refractivity contribution in [1.82, 2.24) is 14.7 Å². The predicted molar refractivity (Wildman–Crippen MR) is 127 cm³/mol. The van der Waals surface area contributed by atoms with Crippen LogP contribution in [0.2, 0.25) is 0 Å². The molecule has 1 N–H and O–H groups in total. The lowest BCUT2D eigenvalue weighted by Gasteiger charge is -2.25. The van der Waals surface area contributed by atoms with E-state index in [-0.39, 0.29) is 5.82 Å². The highest BCUT2D eigenvalue weighted by Gasteiger charge is 2.22. The van der Waals surface area contributed by atoms with E-state index in [2.05, 4.69) is 16.6 Å². The minimum absolute atomic E-state index is 0.318. The van der Waals surface area contributed by atoms with Crippen molar-refractivity contribution in [3.05, 3.63) is 84.1 Å². The fraction of sp³-hybridized carbons (Fsp3) is 0.346. The number of aliphatic hydroxyl groups is 1. The van der Waals surface area contributed by atoms with E-state index in [9.17, 15) is 13.9 Å². The number of hydrogen-bond donors (Lipinski definition) is 1. The molecule has 1 heterocycles. The van der Waals surface area contributed by atoms with Crippen LogP contribution >= 0.6 is 0 Å². The molecule has 1 aromatic heterocycles. The number of aryl methyl sites for hydroxylation is 1. The fourth-order valence-electron chi connectivity index (χ4n) is 3.60. The van der Waals surface area contributed by atoms with Crippen molar-refractivity contribution in [3.63, 3.8) is 0 Å². The second-order valence-electron chi connectivity index (χ2n) is 8.06. The molecule has 8 heteroatoms. The zero-order valence-electron chi connectivity index (χ0n) is 19.6. The Kier molecular flexibility index (Phi) is 9.33. The van der Waals surface area contributed by atoms with Crippen LogP contribution in [0.15, 0.2) is 61.2 Å². The van der Waals surface area contributed by atoms with E-state index in [4.69, 9.17) is 9.47 Å². The van der Waals surface area contributed by atoms with Gasteiger partial charge in [0, 0.05) is 32.8 Å². The Bertz CT molecular complexity index is 1070. The molecule has 3 rings (SSSR count). The summed E-state index contributed by atoms with van der Waals surface area (Å²) in [6.45, 7) is 7.49. The Balaban J connectivity index is 1.98. The molecule has 0 aliphatic carbocycles. The lowest BCUT2D eigenvalue weighted by molar-refractivity contribution is 0.0804. The van der Waals surface area contributed by atoms with Gasteiger partial charge in [-0.3, -0.25) is 4.90 Å². The van der Waals surface area contributed by atoms with Crippen LogP contribution in [0.5, 0.6) is 11.6 Å². The van der Waals surface area contributed by atoms with E-state index < -0.39 is 11.9 Å². The largest absolute Gasteiger partial charge is 0.438 e. The Morgan fingerprint density at radius 2 is 1.94 bits per heavy atom. The maximum Gasteiger partial charge on any atom is 0.227 e. The first kappa shape index (κ1) is 25.6. The third-order valence-electron chi connectivity index (χ3n) is 5.39. The molecule has 0 fully saturated rings. The molecule has 0 spiro atoms. The van der Waals surface area contributed by atoms with Crippen molar-refractivity contribution in [2.45, 2.75) is 32.4 Å². The summed E-state index contributed by atoms with van der Waals surface area (Å²) >= 11 is 0. The quantitative estimate of drug-likeness (QED) is 0.355. The molecule has 1 atom stereocenters. The van der Waals surface area contributed by atoms with Crippen molar-refractivity contribution in [2.24, 2.45) is 0 Å². The number of benzene rings is 2. The number of aromatic nitrogens is 2. The Hall–Kier alpha value is -3.07. The summed E-state index contributed by atoms with van der Waals surface area (Å²) in [5, 5.41) is 15.1. The number of rotatable bonds is 13. The average molecular weight is 472 g/mol. The SMILES string of the molecule is C=CCC[C@@H](O)CN(CCOC)Cc1c(C)nn(-c2ccc(F)cc2)c1Oc1cccc(F)c1. The van der Waals surface area contributed by atoms with Gasteiger partial charge in [-0.15, -0.1) is 6.58 Å². The standard InChI is InChI=1S/C26H31F2N3O3/c1-4-5-8-23(32)17-30(14-15-33-3)18-25-19(2)29-31(22-12-10-20(27)11-13-22)26(25)34-24-9-6-7-21(28)16-24/h4,6-7,9-13,16,23,32H,1,5,8,14-15,17-18H2,2-3H3/t23-/m1/s1. The summed E-state index contributed by atoms with van der Waals surface area (Å²) in [4.78, 5) is 2.06. The Morgan fingerprint density at radius 3 is 2.62 bits per heavy atom. The Morgan fingerprint density at radius 1 is 1.18 bits per heavy atom. The number of allylic oxidation sites excluding steroid dienone is 1. The smallest absolute Gasteiger partial charge is 0.227 e. The summed E-state index contributed by atoms with van der Waals surface area (Å²) < 4.78 is 40.3. The monoisotopic (exact) mass is 471 g/mol. The first-order chi connectivity index (χ1) is 16.4. The summed E-state index contributed by atoms with van der Waals surface area (Å²) in [5.41, 5.74) is 2.09. The van der Waals surface area contributed by atoms with Crippen LogP contribution in [0.4, 0.5) is 8.78 Å². The van der Waals surface area contributed by atoms with Crippen LogP contribution in [-0.4, -0.2) is 52.7 Å². The maximum atomic E-state index is 13.8. The van der Waals surface area contributed by atoms with E-state index in [1.54, 1.807) is 42.1 Å². The van der Waals surface area contributed by atoms with Crippen molar-refractivity contribution in [2.75, 3.05) is 26.8 Å². The van der Waals surface area contributed by atoms with E-state index in [0.29, 0.717) is 55.7 Å². The van der Waals surface area contributed by atoms with Crippen LogP contribution < -0.4 is 4.74 Å². The number of nitrogens with zero attached hydrogens (tertiary/aromatic N) is 3. The molecule has 182 valence electrons. The average Bonchev–Trinajstić information content (AvgIpc) is 3.11. The highest BCUT2D eigenvalue weighted by atomic mass is 19.1. The van der Waals surface area contributed by atoms with Gasteiger partial charge in [0.25, 0.3) is 0 Å². The number of aliphatic hydroxyl groups excluding tert-OH is 1. The number of halogens is 2. The topological polar surface area (TPSA) is 59.8 Å². The van der Waals surface area contributed by atoms with E-state index in [1.807, 2.05) is 6.92 Å². The first-order valence-corrected chi connectivity index (χ1v) is 11.2. The Labute approximate surface area is 199 Å². The predicted octanol–water partition coefficient (Wildman–Crippen LogP) is 5.03. The van der Waals surface area contributed by atoms with Crippen LogP contribution in [0.25, 0.3) is 5.69 Å². The molecule has 34 heavy (non-hydrogen) atoms. The zero-order valence-corrected chi connectivity index (χ0v) is 19.6. The molecule has 2 aromatic carbocycles. The third kappa shape index (κ3) is 6.96. The molecule has 0 bridgehead atoms. The molecule has 0 unspecified atom stereocenters. The first-order valence-electron chi connectivity index (χ1n) is 11.2. The highest BCUT2D eigenvalue weighted by molar-refractivity contribution is 5.43. The summed E-state index contributed by atoms with van der Waals surface area (Å²) in [6, 6.07) is 11.8. The summed E-state index contributed by atoms with van der Waals surface area (Å²) in [6.07, 6.45) is 2.57. The molecule has 6 nitrogen and oxygen atoms in total. The molecular weight excluding hydrogens is 440 g/mol. The molecule has 0 aliphatic heterocycles. The van der Waals surface area contributed by atoms with Gasteiger partial charge in [-0.2, -0.15) is 5.10 Å². The normalized spacial score (nSPS) is 12.2. The van der Waals surface area contributed by atoms with E-state index >= 15 is 0 Å². The van der Waals surface area contributed by atoms with Crippen LogP contribution in [0.3, 0.4) is 0 Å². The molecule has 0 amide bonds. The van der Waals surface area contributed by atoms with E-state index in [1.165, 1.54) is 24.3 Å². The van der Waals surface area contributed by atoms with Crippen molar-refractivity contribution in [1.29, 1.82) is 0 Å². The maximum absolute atomic E-state index is 13.8. The molecule has 3 aromatic rings. The van der Waals surface area contributed by atoms with Crippen LogP contribution in [0.1, 0.15) is 24.1 Å². The van der Waals surface area contributed by atoms with Gasteiger partial charge in [0.1, 0.15) is 17.4 Å². The number of methoxy groups -OCH3 is 1. The second kappa shape index (κ2) is 12.4. The van der Waals surface area contributed by atoms with Gasteiger partial charge in [-0.05, 0) is 56.2 Å². The van der Waals surface area contributed by atoms with Gasteiger partial charge in [-0.25, -0.2) is 13.5 Å².